The number of benzene rings is 1. The summed E-state index contributed by atoms with van der Waals surface area (Å²) in [5, 5.41) is 15.7. The predicted molar refractivity (Wildman–Crippen MR) is 96.8 cm³/mol. The fraction of sp³-hybridized carbons (Fsp3) is 0.375. The van der Waals surface area contributed by atoms with Gasteiger partial charge in [-0.05, 0) is 29.5 Å². The summed E-state index contributed by atoms with van der Waals surface area (Å²) in [6.07, 6.45) is 1.37. The largest absolute Gasteiger partial charge is 0.364 e. The Hall–Kier alpha value is -2.79. The summed E-state index contributed by atoms with van der Waals surface area (Å²) in [5.41, 5.74) is 2.42. The molecular weight excluding hydrogens is 370 g/mol. The average molecular weight is 389 g/mol. The quantitative estimate of drug-likeness (QED) is 0.624. The maximum absolute atomic E-state index is 12.5. The number of nitrogens with zero attached hydrogens (tertiary/aromatic N) is 7. The first-order valence-electron chi connectivity index (χ1n) is 8.50. The number of hydrogen-bond acceptors (Lipinski definition) is 8. The van der Waals surface area contributed by atoms with Crippen molar-refractivity contribution in [3.05, 3.63) is 47.9 Å². The lowest BCUT2D eigenvalue weighted by Gasteiger charge is -2.33. The second kappa shape index (κ2) is 7.08. The van der Waals surface area contributed by atoms with Crippen LogP contribution in [0.2, 0.25) is 0 Å². The van der Waals surface area contributed by atoms with Crippen molar-refractivity contribution in [1.82, 2.24) is 29.7 Å². The van der Waals surface area contributed by atoms with Gasteiger partial charge in [0.05, 0.1) is 11.4 Å². The number of aromatic nitrogens is 5. The van der Waals surface area contributed by atoms with Gasteiger partial charge < -0.3 is 9.42 Å². The number of tetrazole rings is 1. The molecule has 4 rings (SSSR count). The van der Waals surface area contributed by atoms with Gasteiger partial charge >= 0.3 is 0 Å². The van der Waals surface area contributed by atoms with E-state index in [4.69, 9.17) is 4.52 Å². The Morgan fingerprint density at radius 1 is 1.07 bits per heavy atom. The van der Waals surface area contributed by atoms with E-state index in [0.29, 0.717) is 37.8 Å². The molecule has 0 saturated carbocycles. The van der Waals surface area contributed by atoms with Crippen LogP contribution in [0.4, 0.5) is 5.95 Å². The number of hydrogen-bond donors (Lipinski definition) is 0. The minimum Gasteiger partial charge on any atom is -0.364 e. The first-order valence-corrected chi connectivity index (χ1v) is 10.1. The fourth-order valence-electron chi connectivity index (χ4n) is 2.99. The van der Waals surface area contributed by atoms with Crippen LogP contribution < -0.4 is 4.90 Å². The molecule has 0 bridgehead atoms. The molecule has 1 aromatic carbocycles. The van der Waals surface area contributed by atoms with Crippen molar-refractivity contribution in [3.8, 4) is 5.69 Å². The van der Waals surface area contributed by atoms with Gasteiger partial charge in [0, 0.05) is 32.2 Å². The number of aryl methyl sites for hydroxylation is 1. The molecule has 0 N–H and O–H groups in total. The Morgan fingerprint density at radius 2 is 1.81 bits per heavy atom. The van der Waals surface area contributed by atoms with Gasteiger partial charge in [0.15, 0.2) is 0 Å². The van der Waals surface area contributed by atoms with Crippen molar-refractivity contribution in [1.29, 1.82) is 0 Å². The van der Waals surface area contributed by atoms with Gasteiger partial charge in [0.2, 0.25) is 16.0 Å². The summed E-state index contributed by atoms with van der Waals surface area (Å²) in [6.45, 7) is 3.75. The molecule has 1 aliphatic heterocycles. The third-order valence-corrected chi connectivity index (χ3v) is 6.28. The van der Waals surface area contributed by atoms with Crippen LogP contribution in [0.25, 0.3) is 5.69 Å². The minimum absolute atomic E-state index is 0.162. The van der Waals surface area contributed by atoms with E-state index in [1.54, 1.807) is 10.7 Å². The maximum Gasteiger partial charge on any atom is 0.250 e. The summed E-state index contributed by atoms with van der Waals surface area (Å²) < 4.78 is 32.9. The van der Waals surface area contributed by atoms with Crippen molar-refractivity contribution >= 4 is 16.0 Å². The topological polar surface area (TPSA) is 110 Å². The van der Waals surface area contributed by atoms with Crippen LogP contribution >= 0.6 is 0 Å². The molecule has 0 unspecified atom stereocenters. The maximum atomic E-state index is 12.5. The lowest BCUT2D eigenvalue weighted by Crippen LogP contribution is -2.49. The third kappa shape index (κ3) is 3.69. The van der Waals surface area contributed by atoms with Crippen LogP contribution in [0.1, 0.15) is 11.3 Å². The SMILES string of the molecule is Cc1ccc(-n2nnnc2N2CCN(S(=O)(=O)Cc3ccon3)CC2)cc1. The standard InChI is InChI=1S/C16H19N7O3S/c1-13-2-4-15(5-3-13)23-16(17-19-20-23)21-7-9-22(10-8-21)27(24,25)12-14-6-11-26-18-14/h2-6,11H,7-10,12H2,1H3. The van der Waals surface area contributed by atoms with Gasteiger partial charge in [0.25, 0.3) is 0 Å². The van der Waals surface area contributed by atoms with E-state index in [1.807, 2.05) is 36.1 Å². The molecule has 10 nitrogen and oxygen atoms in total. The van der Waals surface area contributed by atoms with Crippen molar-refractivity contribution in [2.45, 2.75) is 12.7 Å². The van der Waals surface area contributed by atoms with Crippen LogP contribution in [-0.4, -0.2) is 64.3 Å². The van der Waals surface area contributed by atoms with Gasteiger partial charge in [-0.3, -0.25) is 0 Å². The lowest BCUT2D eigenvalue weighted by atomic mass is 10.2. The van der Waals surface area contributed by atoms with Gasteiger partial charge in [-0.25, -0.2) is 8.42 Å². The molecule has 0 spiro atoms. The second-order valence-electron chi connectivity index (χ2n) is 6.36. The molecule has 0 radical (unpaired) electrons. The third-order valence-electron chi connectivity index (χ3n) is 4.47. The van der Waals surface area contributed by atoms with E-state index in [-0.39, 0.29) is 5.75 Å². The fourth-order valence-corrected chi connectivity index (χ4v) is 4.41. The molecule has 1 aliphatic rings. The minimum atomic E-state index is -3.44. The molecule has 1 fully saturated rings. The average Bonchev–Trinajstić information content (AvgIpc) is 3.34. The van der Waals surface area contributed by atoms with Crippen molar-refractivity contribution in [2.24, 2.45) is 0 Å². The Morgan fingerprint density at radius 3 is 2.48 bits per heavy atom. The van der Waals surface area contributed by atoms with Gasteiger partial charge in [0.1, 0.15) is 12.0 Å². The molecule has 0 atom stereocenters. The second-order valence-corrected chi connectivity index (χ2v) is 8.33. The highest BCUT2D eigenvalue weighted by Gasteiger charge is 2.29. The molecular formula is C16H19N7O3S. The van der Waals surface area contributed by atoms with Crippen LogP contribution in [0.3, 0.4) is 0 Å². The molecule has 1 saturated heterocycles. The monoisotopic (exact) mass is 389 g/mol. The Labute approximate surface area is 156 Å². The Kier molecular flexibility index (Phi) is 4.62. The summed E-state index contributed by atoms with van der Waals surface area (Å²) in [5.74, 6) is 0.442. The van der Waals surface area contributed by atoms with Crippen LogP contribution in [-0.2, 0) is 15.8 Å². The molecule has 11 heteroatoms. The van der Waals surface area contributed by atoms with Crippen LogP contribution in [0.5, 0.6) is 0 Å². The van der Waals surface area contributed by atoms with Gasteiger partial charge in [-0.1, -0.05) is 28.0 Å². The number of sulfonamides is 1. The zero-order chi connectivity index (χ0) is 18.9. The van der Waals surface area contributed by atoms with Gasteiger partial charge in [-0.2, -0.15) is 8.99 Å². The van der Waals surface area contributed by atoms with Crippen LogP contribution in [0.15, 0.2) is 41.1 Å². The molecule has 2 aromatic heterocycles. The molecule has 3 heterocycles. The number of anilines is 1. The smallest absolute Gasteiger partial charge is 0.250 e. The molecule has 0 amide bonds. The van der Waals surface area contributed by atoms with Crippen LogP contribution in [0, 0.1) is 6.92 Å². The summed E-state index contributed by atoms with van der Waals surface area (Å²) in [4.78, 5) is 1.99. The highest BCUT2D eigenvalue weighted by atomic mass is 32.2. The van der Waals surface area contributed by atoms with Crippen molar-refractivity contribution < 1.29 is 12.9 Å². The highest BCUT2D eigenvalue weighted by Crippen LogP contribution is 2.19. The first kappa shape index (κ1) is 17.6. The lowest BCUT2D eigenvalue weighted by molar-refractivity contribution is 0.378. The number of piperazine rings is 1. The van der Waals surface area contributed by atoms with E-state index in [1.165, 1.54) is 10.6 Å². The molecule has 142 valence electrons. The van der Waals surface area contributed by atoms with Crippen molar-refractivity contribution in [3.63, 3.8) is 0 Å². The summed E-state index contributed by atoms with van der Waals surface area (Å²) in [6, 6.07) is 9.45. The number of rotatable bonds is 5. The molecule has 27 heavy (non-hydrogen) atoms. The summed E-state index contributed by atoms with van der Waals surface area (Å²) in [7, 11) is -3.44. The Balaban J connectivity index is 1.46. The predicted octanol–water partition coefficient (Wildman–Crippen LogP) is 0.611. The Bertz CT molecular complexity index is 991. The summed E-state index contributed by atoms with van der Waals surface area (Å²) >= 11 is 0. The molecule has 3 aromatic rings. The van der Waals surface area contributed by atoms with Gasteiger partial charge in [-0.15, -0.1) is 0 Å². The first-order chi connectivity index (χ1) is 13.0. The van der Waals surface area contributed by atoms with E-state index in [2.05, 4.69) is 20.7 Å². The van der Waals surface area contributed by atoms with E-state index >= 15 is 0 Å². The van der Waals surface area contributed by atoms with E-state index in [9.17, 15) is 8.42 Å². The highest BCUT2D eigenvalue weighted by molar-refractivity contribution is 7.88. The normalized spacial score (nSPS) is 16.0. The van der Waals surface area contributed by atoms with E-state index in [0.717, 1.165) is 11.3 Å². The van der Waals surface area contributed by atoms with Crippen molar-refractivity contribution in [2.75, 3.05) is 31.1 Å². The zero-order valence-corrected chi connectivity index (χ0v) is 15.6. The molecule has 0 aliphatic carbocycles. The van der Waals surface area contributed by atoms with E-state index < -0.39 is 10.0 Å². The zero-order valence-electron chi connectivity index (χ0n) is 14.8.